The Balaban J connectivity index is 1.42. The lowest BCUT2D eigenvalue weighted by molar-refractivity contribution is 0.208. The van der Waals surface area contributed by atoms with Gasteiger partial charge in [0, 0.05) is 50.5 Å². The number of carbonyl (C=O) groups excluding carboxylic acids is 1. The molecule has 2 amide bonds. The third-order valence-electron chi connectivity index (χ3n) is 4.82. The summed E-state index contributed by atoms with van der Waals surface area (Å²) in [6.45, 7) is 4.91. The van der Waals surface area contributed by atoms with E-state index >= 15 is 0 Å². The monoisotopic (exact) mass is 350 g/mol. The van der Waals surface area contributed by atoms with E-state index in [1.165, 1.54) is 5.69 Å². The smallest absolute Gasteiger partial charge is 0.323 e. The highest BCUT2D eigenvalue weighted by molar-refractivity contribution is 5.92. The molecule has 7 heteroatoms. The number of aromatic nitrogens is 3. The quantitative estimate of drug-likeness (QED) is 0.772. The standard InChI is InChI=1S/C19H22N6O/c1-14-6-7-18(20-12-14)22-19(26)25-10-8-24(9-11-25)17-5-3-4-16-15(17)13-21-23(16)2/h3-7,12-13H,8-11H2,1-2H3,(H,20,22,26). The van der Waals surface area contributed by atoms with Crippen molar-refractivity contribution < 1.29 is 4.79 Å². The summed E-state index contributed by atoms with van der Waals surface area (Å²) in [4.78, 5) is 20.8. The molecule has 0 saturated carbocycles. The summed E-state index contributed by atoms with van der Waals surface area (Å²) < 4.78 is 1.89. The largest absolute Gasteiger partial charge is 0.367 e. The minimum Gasteiger partial charge on any atom is -0.367 e. The molecule has 0 aliphatic carbocycles. The van der Waals surface area contributed by atoms with Crippen molar-refractivity contribution in [2.24, 2.45) is 7.05 Å². The second kappa shape index (κ2) is 6.67. The van der Waals surface area contributed by atoms with Crippen molar-refractivity contribution in [3.8, 4) is 0 Å². The van der Waals surface area contributed by atoms with Crippen LogP contribution in [0, 0.1) is 6.92 Å². The fourth-order valence-electron chi connectivity index (χ4n) is 3.32. The minimum absolute atomic E-state index is 0.0967. The van der Waals surface area contributed by atoms with E-state index in [-0.39, 0.29) is 6.03 Å². The first kappa shape index (κ1) is 16.4. The molecule has 1 N–H and O–H groups in total. The van der Waals surface area contributed by atoms with E-state index in [4.69, 9.17) is 0 Å². The van der Waals surface area contributed by atoms with Crippen molar-refractivity contribution >= 4 is 28.4 Å². The van der Waals surface area contributed by atoms with Crippen molar-refractivity contribution in [2.45, 2.75) is 6.92 Å². The molecule has 26 heavy (non-hydrogen) atoms. The van der Waals surface area contributed by atoms with Crippen LogP contribution in [0.25, 0.3) is 10.9 Å². The van der Waals surface area contributed by atoms with E-state index in [9.17, 15) is 4.79 Å². The highest BCUT2D eigenvalue weighted by atomic mass is 16.2. The normalized spacial score (nSPS) is 14.7. The van der Waals surface area contributed by atoms with Gasteiger partial charge in [-0.05, 0) is 30.7 Å². The van der Waals surface area contributed by atoms with Crippen LogP contribution < -0.4 is 10.2 Å². The highest BCUT2D eigenvalue weighted by Crippen LogP contribution is 2.27. The van der Waals surface area contributed by atoms with Crippen molar-refractivity contribution in [1.82, 2.24) is 19.7 Å². The van der Waals surface area contributed by atoms with Crippen LogP contribution in [0.1, 0.15) is 5.56 Å². The number of fused-ring (bicyclic) bond motifs is 1. The molecular weight excluding hydrogens is 328 g/mol. The summed E-state index contributed by atoms with van der Waals surface area (Å²) in [5, 5.41) is 8.38. The lowest BCUT2D eigenvalue weighted by Gasteiger charge is -2.36. The van der Waals surface area contributed by atoms with Crippen molar-refractivity contribution in [2.75, 3.05) is 36.4 Å². The summed E-state index contributed by atoms with van der Waals surface area (Å²) in [5.74, 6) is 0.586. The molecule has 0 unspecified atom stereocenters. The summed E-state index contributed by atoms with van der Waals surface area (Å²) in [7, 11) is 1.95. The Labute approximate surface area is 152 Å². The van der Waals surface area contributed by atoms with E-state index in [0.717, 1.165) is 29.6 Å². The van der Waals surface area contributed by atoms with Crippen LogP contribution in [0.2, 0.25) is 0 Å². The third kappa shape index (κ3) is 3.08. The van der Waals surface area contributed by atoms with Gasteiger partial charge in [-0.2, -0.15) is 5.10 Å². The number of nitrogens with zero attached hydrogens (tertiary/aromatic N) is 5. The number of urea groups is 1. The number of amides is 2. The van der Waals surface area contributed by atoms with Gasteiger partial charge in [0.2, 0.25) is 0 Å². The van der Waals surface area contributed by atoms with E-state index in [1.807, 2.05) is 41.9 Å². The number of aryl methyl sites for hydroxylation is 2. The Morgan fingerprint density at radius 1 is 1.08 bits per heavy atom. The van der Waals surface area contributed by atoms with Crippen molar-refractivity contribution in [1.29, 1.82) is 0 Å². The lowest BCUT2D eigenvalue weighted by Crippen LogP contribution is -2.50. The van der Waals surface area contributed by atoms with Crippen LogP contribution in [-0.2, 0) is 7.05 Å². The summed E-state index contributed by atoms with van der Waals surface area (Å²) in [5.41, 5.74) is 3.37. The Kier molecular flexibility index (Phi) is 4.20. The van der Waals surface area contributed by atoms with Gasteiger partial charge in [-0.15, -0.1) is 0 Å². The van der Waals surface area contributed by atoms with E-state index in [0.29, 0.717) is 18.9 Å². The Bertz CT molecular complexity index is 925. The van der Waals surface area contributed by atoms with E-state index in [2.05, 4.69) is 38.5 Å². The van der Waals surface area contributed by atoms with Gasteiger partial charge in [-0.3, -0.25) is 10.00 Å². The SMILES string of the molecule is Cc1ccc(NC(=O)N2CCN(c3cccc4c3cnn4C)CC2)nc1. The number of hydrogen-bond acceptors (Lipinski definition) is 4. The van der Waals surface area contributed by atoms with Crippen LogP contribution in [-0.4, -0.2) is 51.9 Å². The third-order valence-corrected chi connectivity index (χ3v) is 4.82. The summed E-state index contributed by atoms with van der Waals surface area (Å²) in [6, 6.07) is 9.92. The first-order valence-corrected chi connectivity index (χ1v) is 8.76. The maximum absolute atomic E-state index is 12.5. The number of nitrogens with one attached hydrogen (secondary N) is 1. The topological polar surface area (TPSA) is 66.3 Å². The lowest BCUT2D eigenvalue weighted by atomic mass is 10.2. The molecule has 1 aromatic carbocycles. The molecule has 0 atom stereocenters. The molecular formula is C19H22N6O. The molecule has 3 heterocycles. The zero-order valence-electron chi connectivity index (χ0n) is 15.0. The maximum atomic E-state index is 12.5. The van der Waals surface area contributed by atoms with Gasteiger partial charge >= 0.3 is 6.03 Å². The number of benzene rings is 1. The van der Waals surface area contributed by atoms with Gasteiger partial charge in [0.05, 0.1) is 11.7 Å². The molecule has 2 aromatic heterocycles. The Hall–Kier alpha value is -3.09. The van der Waals surface area contributed by atoms with E-state index in [1.54, 1.807) is 6.20 Å². The first-order chi connectivity index (χ1) is 12.6. The maximum Gasteiger partial charge on any atom is 0.323 e. The van der Waals surface area contributed by atoms with Gasteiger partial charge in [0.15, 0.2) is 0 Å². The average Bonchev–Trinajstić information content (AvgIpc) is 3.05. The Morgan fingerprint density at radius 2 is 1.88 bits per heavy atom. The molecule has 1 fully saturated rings. The second-order valence-electron chi connectivity index (χ2n) is 6.60. The molecule has 7 nitrogen and oxygen atoms in total. The first-order valence-electron chi connectivity index (χ1n) is 8.76. The fourth-order valence-corrected chi connectivity index (χ4v) is 3.32. The van der Waals surface area contributed by atoms with Crippen molar-refractivity contribution in [3.05, 3.63) is 48.3 Å². The predicted molar refractivity (Wildman–Crippen MR) is 102 cm³/mol. The molecule has 0 spiro atoms. The van der Waals surface area contributed by atoms with Gasteiger partial charge in [0.1, 0.15) is 5.82 Å². The fraction of sp³-hybridized carbons (Fsp3) is 0.316. The number of hydrogen-bond donors (Lipinski definition) is 1. The van der Waals surface area contributed by atoms with Gasteiger partial charge in [-0.1, -0.05) is 12.1 Å². The molecule has 3 aromatic rings. The minimum atomic E-state index is -0.0967. The van der Waals surface area contributed by atoms with E-state index < -0.39 is 0 Å². The number of pyridine rings is 1. The Morgan fingerprint density at radius 3 is 2.62 bits per heavy atom. The molecule has 1 aliphatic rings. The van der Waals surface area contributed by atoms with Crippen LogP contribution in [0.3, 0.4) is 0 Å². The van der Waals surface area contributed by atoms with Gasteiger partial charge in [-0.25, -0.2) is 9.78 Å². The second-order valence-corrected chi connectivity index (χ2v) is 6.60. The molecule has 4 rings (SSSR count). The zero-order chi connectivity index (χ0) is 18.1. The number of anilines is 2. The molecule has 134 valence electrons. The number of piperazine rings is 1. The van der Waals surface area contributed by atoms with Gasteiger partial charge in [0.25, 0.3) is 0 Å². The van der Waals surface area contributed by atoms with Gasteiger partial charge < -0.3 is 9.80 Å². The van der Waals surface area contributed by atoms with Crippen LogP contribution >= 0.6 is 0 Å². The predicted octanol–water partition coefficient (Wildman–Crippen LogP) is 2.63. The van der Waals surface area contributed by atoms with Crippen LogP contribution in [0.4, 0.5) is 16.3 Å². The van der Waals surface area contributed by atoms with Crippen LogP contribution in [0.15, 0.2) is 42.7 Å². The molecule has 0 radical (unpaired) electrons. The van der Waals surface area contributed by atoms with Crippen molar-refractivity contribution in [3.63, 3.8) is 0 Å². The molecule has 1 aliphatic heterocycles. The molecule has 0 bridgehead atoms. The number of carbonyl (C=O) groups is 1. The number of rotatable bonds is 2. The molecule has 1 saturated heterocycles. The zero-order valence-corrected chi connectivity index (χ0v) is 15.0. The summed E-state index contributed by atoms with van der Waals surface area (Å²) >= 11 is 0. The van der Waals surface area contributed by atoms with Crippen LogP contribution in [0.5, 0.6) is 0 Å². The highest BCUT2D eigenvalue weighted by Gasteiger charge is 2.23. The summed E-state index contributed by atoms with van der Waals surface area (Å²) in [6.07, 6.45) is 3.66. The average molecular weight is 350 g/mol.